The molecule has 0 saturated carbocycles. The fourth-order valence-electron chi connectivity index (χ4n) is 1.67. The van der Waals surface area contributed by atoms with Gasteiger partial charge in [-0.05, 0) is 29.5 Å². The van der Waals surface area contributed by atoms with Crippen LogP contribution in [0.5, 0.6) is 0 Å². The third-order valence-electron chi connectivity index (χ3n) is 2.75. The molecule has 2 rings (SSSR count). The van der Waals surface area contributed by atoms with Crippen molar-refractivity contribution in [3.8, 4) is 0 Å². The van der Waals surface area contributed by atoms with E-state index in [1.807, 2.05) is 24.2 Å². The molecule has 2 heterocycles. The van der Waals surface area contributed by atoms with Crippen molar-refractivity contribution < 1.29 is 0 Å². The van der Waals surface area contributed by atoms with Crippen molar-refractivity contribution in [2.75, 3.05) is 17.2 Å². The molecule has 0 aromatic carbocycles. The molecule has 0 N–H and O–H groups in total. The van der Waals surface area contributed by atoms with Crippen LogP contribution in [0.4, 0.5) is 5.95 Å². The summed E-state index contributed by atoms with van der Waals surface area (Å²) in [5.41, 5.74) is 0. The summed E-state index contributed by atoms with van der Waals surface area (Å²) in [6, 6.07) is 0.517. The van der Waals surface area contributed by atoms with Crippen molar-refractivity contribution in [3.05, 3.63) is 16.0 Å². The van der Waals surface area contributed by atoms with Crippen LogP contribution in [0, 0.1) is 3.57 Å². The topological polar surface area (TPSA) is 29.0 Å². The van der Waals surface area contributed by atoms with E-state index >= 15 is 0 Å². The highest BCUT2D eigenvalue weighted by molar-refractivity contribution is 14.1. The molecule has 15 heavy (non-hydrogen) atoms. The highest BCUT2D eigenvalue weighted by atomic mass is 127. The van der Waals surface area contributed by atoms with Crippen LogP contribution in [0.25, 0.3) is 0 Å². The molecule has 2 unspecified atom stereocenters. The lowest BCUT2D eigenvalue weighted by Crippen LogP contribution is -2.45. The maximum absolute atomic E-state index is 4.38. The van der Waals surface area contributed by atoms with Crippen molar-refractivity contribution in [1.82, 2.24) is 9.97 Å². The minimum absolute atomic E-state index is 0.517. The molecule has 0 spiro atoms. The first-order chi connectivity index (χ1) is 7.18. The highest BCUT2D eigenvalue weighted by Gasteiger charge is 2.26. The van der Waals surface area contributed by atoms with Gasteiger partial charge in [-0.25, -0.2) is 9.97 Å². The van der Waals surface area contributed by atoms with Crippen LogP contribution in [0.1, 0.15) is 13.8 Å². The minimum Gasteiger partial charge on any atom is -0.336 e. The van der Waals surface area contributed by atoms with Gasteiger partial charge in [-0.1, -0.05) is 6.92 Å². The van der Waals surface area contributed by atoms with Crippen molar-refractivity contribution in [3.63, 3.8) is 0 Å². The minimum atomic E-state index is 0.517. The Labute approximate surface area is 108 Å². The zero-order chi connectivity index (χ0) is 10.8. The first-order valence-electron chi connectivity index (χ1n) is 5.04. The van der Waals surface area contributed by atoms with E-state index in [0.29, 0.717) is 11.3 Å². The van der Waals surface area contributed by atoms with Crippen LogP contribution in [-0.4, -0.2) is 33.6 Å². The Morgan fingerprint density at radius 3 is 2.73 bits per heavy atom. The first-order valence-corrected chi connectivity index (χ1v) is 7.17. The molecule has 0 aliphatic carbocycles. The molecular weight excluding hydrogens is 321 g/mol. The van der Waals surface area contributed by atoms with E-state index in [1.165, 1.54) is 5.75 Å². The Balaban J connectivity index is 2.18. The third-order valence-corrected chi connectivity index (χ3v) is 4.64. The average molecular weight is 335 g/mol. The lowest BCUT2D eigenvalue weighted by atomic mass is 10.2. The van der Waals surface area contributed by atoms with E-state index in [9.17, 15) is 0 Å². The second-order valence-corrected chi connectivity index (χ2v) is 6.44. The summed E-state index contributed by atoms with van der Waals surface area (Å²) < 4.78 is 1.09. The molecule has 0 amide bonds. The molecule has 1 aromatic heterocycles. The smallest absolute Gasteiger partial charge is 0.225 e. The predicted octanol–water partition coefficient (Wildman–Crippen LogP) is 2.41. The Hall–Kier alpha value is -0.0400. The number of aromatic nitrogens is 2. The predicted molar refractivity (Wildman–Crippen MR) is 73.5 cm³/mol. The van der Waals surface area contributed by atoms with Gasteiger partial charge >= 0.3 is 0 Å². The van der Waals surface area contributed by atoms with E-state index < -0.39 is 0 Å². The van der Waals surface area contributed by atoms with Crippen molar-refractivity contribution >= 4 is 40.3 Å². The summed E-state index contributed by atoms with van der Waals surface area (Å²) in [6.45, 7) is 5.57. The molecule has 1 saturated heterocycles. The van der Waals surface area contributed by atoms with Crippen LogP contribution in [-0.2, 0) is 0 Å². The van der Waals surface area contributed by atoms with E-state index in [0.717, 1.165) is 16.1 Å². The maximum atomic E-state index is 4.38. The van der Waals surface area contributed by atoms with E-state index in [2.05, 4.69) is 51.3 Å². The lowest BCUT2D eigenvalue weighted by Gasteiger charge is -2.37. The van der Waals surface area contributed by atoms with Gasteiger partial charge in [-0.3, -0.25) is 0 Å². The van der Waals surface area contributed by atoms with Gasteiger partial charge in [-0.2, -0.15) is 11.8 Å². The Kier molecular flexibility index (Phi) is 3.71. The summed E-state index contributed by atoms with van der Waals surface area (Å²) >= 11 is 4.26. The van der Waals surface area contributed by atoms with Gasteiger partial charge in [0.1, 0.15) is 0 Å². The van der Waals surface area contributed by atoms with Gasteiger partial charge in [0.15, 0.2) is 0 Å². The van der Waals surface area contributed by atoms with Crippen LogP contribution in [0.2, 0.25) is 0 Å². The molecule has 1 aromatic rings. The van der Waals surface area contributed by atoms with Gasteiger partial charge in [0.05, 0.1) is 0 Å². The number of hydrogen-bond acceptors (Lipinski definition) is 4. The number of rotatable bonds is 1. The standard InChI is InChI=1S/C10H14IN3S/c1-7-8(2)15-4-3-14(7)10-12-5-9(11)6-13-10/h5-8H,3-4H2,1-2H3. The quantitative estimate of drug-likeness (QED) is 0.737. The number of anilines is 1. The van der Waals surface area contributed by atoms with Crippen LogP contribution < -0.4 is 4.90 Å². The normalized spacial score (nSPS) is 26.7. The largest absolute Gasteiger partial charge is 0.336 e. The molecular formula is C10H14IN3S. The van der Waals surface area contributed by atoms with Gasteiger partial charge < -0.3 is 4.90 Å². The summed E-state index contributed by atoms with van der Waals surface area (Å²) in [5.74, 6) is 2.04. The Morgan fingerprint density at radius 1 is 1.40 bits per heavy atom. The molecule has 1 aliphatic rings. The highest BCUT2D eigenvalue weighted by Crippen LogP contribution is 2.26. The summed E-state index contributed by atoms with van der Waals surface area (Å²) in [4.78, 5) is 11.1. The van der Waals surface area contributed by atoms with E-state index in [-0.39, 0.29) is 0 Å². The van der Waals surface area contributed by atoms with Crippen molar-refractivity contribution in [2.24, 2.45) is 0 Å². The molecule has 2 atom stereocenters. The second-order valence-electron chi connectivity index (χ2n) is 3.71. The zero-order valence-electron chi connectivity index (χ0n) is 8.85. The summed E-state index contributed by atoms with van der Waals surface area (Å²) in [7, 11) is 0. The molecule has 3 nitrogen and oxygen atoms in total. The third kappa shape index (κ3) is 2.55. The monoisotopic (exact) mass is 335 g/mol. The average Bonchev–Trinajstić information content (AvgIpc) is 2.24. The number of hydrogen-bond donors (Lipinski definition) is 0. The molecule has 1 aliphatic heterocycles. The molecule has 0 radical (unpaired) electrons. The number of nitrogens with zero attached hydrogens (tertiary/aromatic N) is 3. The number of thioether (sulfide) groups is 1. The second kappa shape index (κ2) is 4.86. The van der Waals surface area contributed by atoms with Crippen LogP contribution in [0.15, 0.2) is 12.4 Å². The Morgan fingerprint density at radius 2 is 2.07 bits per heavy atom. The van der Waals surface area contributed by atoms with Crippen molar-refractivity contribution in [2.45, 2.75) is 25.1 Å². The summed E-state index contributed by atoms with van der Waals surface area (Å²) in [5, 5.41) is 0.654. The number of halogens is 1. The zero-order valence-corrected chi connectivity index (χ0v) is 11.8. The molecule has 5 heteroatoms. The van der Waals surface area contributed by atoms with Gasteiger partial charge in [0.2, 0.25) is 5.95 Å². The van der Waals surface area contributed by atoms with Gasteiger partial charge in [0.25, 0.3) is 0 Å². The van der Waals surface area contributed by atoms with Crippen LogP contribution >= 0.6 is 34.4 Å². The van der Waals surface area contributed by atoms with Crippen molar-refractivity contribution in [1.29, 1.82) is 0 Å². The maximum Gasteiger partial charge on any atom is 0.225 e. The molecule has 82 valence electrons. The van der Waals surface area contributed by atoms with Crippen LogP contribution in [0.3, 0.4) is 0 Å². The molecule has 0 bridgehead atoms. The van der Waals surface area contributed by atoms with Gasteiger partial charge in [-0.15, -0.1) is 0 Å². The fourth-order valence-corrected chi connectivity index (χ4v) is 3.05. The first kappa shape index (κ1) is 11.4. The Bertz CT molecular complexity index is 330. The van der Waals surface area contributed by atoms with E-state index in [4.69, 9.17) is 0 Å². The molecule has 1 fully saturated rings. The lowest BCUT2D eigenvalue weighted by molar-refractivity contribution is 0.612. The SMILES string of the molecule is CC1SCCN(c2ncc(I)cn2)C1C. The van der Waals surface area contributed by atoms with Gasteiger partial charge in [0, 0.05) is 39.6 Å². The van der Waals surface area contributed by atoms with E-state index in [1.54, 1.807) is 0 Å². The fraction of sp³-hybridized carbons (Fsp3) is 0.600. The summed E-state index contributed by atoms with van der Waals surface area (Å²) in [6.07, 6.45) is 3.75.